The molecule has 2 rings (SSSR count). The Bertz CT molecular complexity index is 395. The number of hydrogen-bond donors (Lipinski definition) is 1. The molecular weight excluding hydrogens is 248 g/mol. The molecule has 0 bridgehead atoms. The van der Waals surface area contributed by atoms with Gasteiger partial charge in [0.15, 0.2) is 0 Å². The lowest BCUT2D eigenvalue weighted by Crippen LogP contribution is -2.44. The zero-order valence-electron chi connectivity index (χ0n) is 13.1. The Kier molecular flexibility index (Phi) is 5.58. The second-order valence-electron chi connectivity index (χ2n) is 6.30. The van der Waals surface area contributed by atoms with E-state index < -0.39 is 0 Å². The molecule has 0 aromatic heterocycles. The Morgan fingerprint density at radius 1 is 1.35 bits per heavy atom. The molecule has 1 aromatic carbocycles. The number of methoxy groups -OCH3 is 1. The molecule has 1 saturated heterocycles. The van der Waals surface area contributed by atoms with Gasteiger partial charge in [-0.1, -0.05) is 37.3 Å². The molecule has 0 saturated carbocycles. The molecule has 2 atom stereocenters. The van der Waals surface area contributed by atoms with E-state index in [9.17, 15) is 0 Å². The Hall–Kier alpha value is -0.900. The van der Waals surface area contributed by atoms with Gasteiger partial charge in [-0.3, -0.25) is 0 Å². The van der Waals surface area contributed by atoms with Crippen LogP contribution in [0.4, 0.5) is 0 Å². The van der Waals surface area contributed by atoms with Crippen LogP contribution in [-0.2, 0) is 10.2 Å². The first-order valence-corrected chi connectivity index (χ1v) is 7.59. The van der Waals surface area contributed by atoms with Crippen LogP contribution in [0.3, 0.4) is 0 Å². The van der Waals surface area contributed by atoms with Gasteiger partial charge in [0.25, 0.3) is 0 Å². The fourth-order valence-electron chi connectivity index (χ4n) is 3.40. The predicted octanol–water partition coefficient (Wildman–Crippen LogP) is 2.13. The monoisotopic (exact) mass is 276 g/mol. The lowest BCUT2D eigenvalue weighted by atomic mass is 9.82. The van der Waals surface area contributed by atoms with E-state index in [1.165, 1.54) is 25.1 Å². The molecule has 112 valence electrons. The van der Waals surface area contributed by atoms with E-state index in [1.807, 2.05) is 7.05 Å². The molecule has 1 N–H and O–H groups in total. The van der Waals surface area contributed by atoms with Crippen LogP contribution in [0.25, 0.3) is 0 Å². The van der Waals surface area contributed by atoms with Crippen molar-refractivity contribution < 1.29 is 4.74 Å². The van der Waals surface area contributed by atoms with E-state index in [0.717, 1.165) is 19.7 Å². The highest BCUT2D eigenvalue weighted by Crippen LogP contribution is 2.27. The van der Waals surface area contributed by atoms with Crippen molar-refractivity contribution in [3.8, 4) is 0 Å². The quantitative estimate of drug-likeness (QED) is 0.826. The third-order valence-electron chi connectivity index (χ3n) is 4.38. The third-order valence-corrected chi connectivity index (χ3v) is 4.38. The van der Waals surface area contributed by atoms with Crippen molar-refractivity contribution in [3.63, 3.8) is 0 Å². The topological polar surface area (TPSA) is 24.5 Å². The Balaban J connectivity index is 2.03. The molecule has 1 aliphatic rings. The first kappa shape index (κ1) is 15.5. The van der Waals surface area contributed by atoms with Crippen molar-refractivity contribution in [2.75, 3.05) is 46.9 Å². The normalized spacial score (nSPS) is 22.9. The Morgan fingerprint density at radius 3 is 2.75 bits per heavy atom. The summed E-state index contributed by atoms with van der Waals surface area (Å²) in [5, 5.41) is 3.37. The van der Waals surface area contributed by atoms with Crippen LogP contribution < -0.4 is 5.32 Å². The Labute approximate surface area is 123 Å². The maximum Gasteiger partial charge on any atom is 0.0503 e. The van der Waals surface area contributed by atoms with Gasteiger partial charge in [0.1, 0.15) is 0 Å². The summed E-state index contributed by atoms with van der Waals surface area (Å²) in [6.45, 7) is 7.73. The number of likely N-dealkylation sites (tertiary alicyclic amines) is 1. The van der Waals surface area contributed by atoms with E-state index in [0.29, 0.717) is 5.92 Å². The largest absolute Gasteiger partial charge is 0.384 e. The molecule has 0 radical (unpaired) electrons. The molecule has 1 aliphatic heterocycles. The van der Waals surface area contributed by atoms with Crippen LogP contribution in [-0.4, -0.2) is 51.8 Å². The van der Waals surface area contributed by atoms with Crippen LogP contribution >= 0.6 is 0 Å². The number of hydrogen-bond acceptors (Lipinski definition) is 3. The Morgan fingerprint density at radius 2 is 2.10 bits per heavy atom. The van der Waals surface area contributed by atoms with Gasteiger partial charge in [-0.2, -0.15) is 0 Å². The van der Waals surface area contributed by atoms with Crippen molar-refractivity contribution in [1.29, 1.82) is 0 Å². The highest BCUT2D eigenvalue weighted by molar-refractivity contribution is 5.25. The SMILES string of the molecule is CNCC(C)(CN1CCC(COC)C1)c1ccccc1. The minimum absolute atomic E-state index is 0.165. The van der Waals surface area contributed by atoms with Crippen LogP contribution in [0.5, 0.6) is 0 Å². The molecule has 1 fully saturated rings. The number of nitrogens with one attached hydrogen (secondary N) is 1. The van der Waals surface area contributed by atoms with E-state index >= 15 is 0 Å². The maximum atomic E-state index is 5.30. The highest BCUT2D eigenvalue weighted by Gasteiger charge is 2.32. The number of ether oxygens (including phenoxy) is 1. The van der Waals surface area contributed by atoms with Crippen molar-refractivity contribution in [3.05, 3.63) is 35.9 Å². The minimum Gasteiger partial charge on any atom is -0.384 e. The maximum absolute atomic E-state index is 5.30. The second-order valence-corrected chi connectivity index (χ2v) is 6.30. The minimum atomic E-state index is 0.165. The highest BCUT2D eigenvalue weighted by atomic mass is 16.5. The lowest BCUT2D eigenvalue weighted by molar-refractivity contribution is 0.150. The van der Waals surface area contributed by atoms with Crippen molar-refractivity contribution in [1.82, 2.24) is 10.2 Å². The second kappa shape index (κ2) is 7.21. The van der Waals surface area contributed by atoms with Crippen molar-refractivity contribution in [2.24, 2.45) is 5.92 Å². The molecule has 1 aromatic rings. The average Bonchev–Trinajstić information content (AvgIpc) is 2.87. The average molecular weight is 276 g/mol. The standard InChI is InChI=1S/C17H28N2O/c1-17(13-18-2,16-7-5-4-6-8-16)14-19-10-9-15(11-19)12-20-3/h4-8,15,18H,9-14H2,1-3H3. The first-order chi connectivity index (χ1) is 9.68. The summed E-state index contributed by atoms with van der Waals surface area (Å²) < 4.78 is 5.30. The van der Waals surface area contributed by atoms with Crippen molar-refractivity contribution >= 4 is 0 Å². The smallest absolute Gasteiger partial charge is 0.0503 e. The van der Waals surface area contributed by atoms with Crippen molar-refractivity contribution in [2.45, 2.75) is 18.8 Å². The summed E-state index contributed by atoms with van der Waals surface area (Å²) >= 11 is 0. The molecular formula is C17H28N2O. The fraction of sp³-hybridized carbons (Fsp3) is 0.647. The van der Waals surface area contributed by atoms with Gasteiger partial charge in [-0.15, -0.1) is 0 Å². The first-order valence-electron chi connectivity index (χ1n) is 7.59. The van der Waals surface area contributed by atoms with Gasteiger partial charge in [-0.25, -0.2) is 0 Å². The molecule has 0 amide bonds. The zero-order chi connectivity index (χ0) is 14.4. The summed E-state index contributed by atoms with van der Waals surface area (Å²) in [5.74, 6) is 0.703. The molecule has 20 heavy (non-hydrogen) atoms. The summed E-state index contributed by atoms with van der Waals surface area (Å²) in [5.41, 5.74) is 1.59. The summed E-state index contributed by atoms with van der Waals surface area (Å²) in [6, 6.07) is 10.9. The van der Waals surface area contributed by atoms with Crippen LogP contribution in [0.1, 0.15) is 18.9 Å². The van der Waals surface area contributed by atoms with Gasteiger partial charge >= 0.3 is 0 Å². The van der Waals surface area contributed by atoms with Gasteiger partial charge in [0.2, 0.25) is 0 Å². The molecule has 3 heteroatoms. The predicted molar refractivity (Wildman–Crippen MR) is 84.1 cm³/mol. The van der Waals surface area contributed by atoms with Crippen LogP contribution in [0, 0.1) is 5.92 Å². The van der Waals surface area contributed by atoms with Crippen LogP contribution in [0.15, 0.2) is 30.3 Å². The molecule has 0 aliphatic carbocycles. The molecule has 0 spiro atoms. The van der Waals surface area contributed by atoms with E-state index in [2.05, 4.69) is 47.5 Å². The number of nitrogens with zero attached hydrogens (tertiary/aromatic N) is 1. The third kappa shape index (κ3) is 3.81. The molecule has 3 nitrogen and oxygen atoms in total. The van der Waals surface area contributed by atoms with Gasteiger partial charge in [-0.05, 0) is 31.5 Å². The number of likely N-dealkylation sites (N-methyl/N-ethyl adjacent to an activating group) is 1. The van der Waals surface area contributed by atoms with Crippen LogP contribution in [0.2, 0.25) is 0 Å². The summed E-state index contributed by atoms with van der Waals surface area (Å²) in [7, 11) is 3.84. The van der Waals surface area contributed by atoms with E-state index in [1.54, 1.807) is 7.11 Å². The van der Waals surface area contributed by atoms with Gasteiger partial charge in [0, 0.05) is 32.2 Å². The lowest BCUT2D eigenvalue weighted by Gasteiger charge is -2.34. The number of benzene rings is 1. The zero-order valence-corrected chi connectivity index (χ0v) is 13.1. The van der Waals surface area contributed by atoms with E-state index in [4.69, 9.17) is 4.74 Å². The number of rotatable bonds is 7. The molecule has 1 heterocycles. The summed E-state index contributed by atoms with van der Waals surface area (Å²) in [4.78, 5) is 2.59. The molecule has 2 unspecified atom stereocenters. The fourth-order valence-corrected chi connectivity index (χ4v) is 3.40. The van der Waals surface area contributed by atoms with Gasteiger partial charge < -0.3 is 15.0 Å². The summed E-state index contributed by atoms with van der Waals surface area (Å²) in [6.07, 6.45) is 1.26. The van der Waals surface area contributed by atoms with Gasteiger partial charge in [0.05, 0.1) is 6.61 Å². The van der Waals surface area contributed by atoms with E-state index in [-0.39, 0.29) is 5.41 Å².